The van der Waals surface area contributed by atoms with Crippen LogP contribution in [0.2, 0.25) is 0 Å². The summed E-state index contributed by atoms with van der Waals surface area (Å²) in [5.74, 6) is 1.35. The van der Waals surface area contributed by atoms with E-state index < -0.39 is 0 Å². The lowest BCUT2D eigenvalue weighted by atomic mass is 9.87. The Morgan fingerprint density at radius 1 is 1.31 bits per heavy atom. The first-order chi connectivity index (χ1) is 12.2. The van der Waals surface area contributed by atoms with Crippen molar-refractivity contribution in [2.45, 2.75) is 45.1 Å². The van der Waals surface area contributed by atoms with E-state index in [0.29, 0.717) is 17.7 Å². The molecule has 0 bridgehead atoms. The van der Waals surface area contributed by atoms with E-state index in [1.807, 2.05) is 13.1 Å². The van der Waals surface area contributed by atoms with Crippen molar-refractivity contribution in [1.29, 1.82) is 0 Å². The number of aliphatic imine (C=N–C) groups is 1. The first-order valence-corrected chi connectivity index (χ1v) is 9.57. The molecule has 1 spiro atoms. The van der Waals surface area contributed by atoms with Gasteiger partial charge < -0.3 is 20.1 Å². The van der Waals surface area contributed by atoms with E-state index in [-0.39, 0.29) is 24.0 Å². The van der Waals surface area contributed by atoms with Gasteiger partial charge in [-0.3, -0.25) is 4.99 Å². The molecule has 2 heterocycles. The SMILES string of the molecule is CN=C(NCc1c(O)ccc2c1CCCC2)N1CCC2(CCOC2)C1.I. The molecule has 2 fully saturated rings. The van der Waals surface area contributed by atoms with Crippen molar-refractivity contribution >= 4 is 29.9 Å². The Bertz CT molecular complexity index is 671. The molecule has 0 saturated carbocycles. The van der Waals surface area contributed by atoms with E-state index >= 15 is 0 Å². The number of rotatable bonds is 2. The number of phenolic OH excluding ortho intramolecular Hbond substituents is 1. The lowest BCUT2D eigenvalue weighted by molar-refractivity contribution is 0.156. The highest BCUT2D eigenvalue weighted by atomic mass is 127. The van der Waals surface area contributed by atoms with Crippen LogP contribution in [0.3, 0.4) is 0 Å². The Balaban J connectivity index is 0.00000196. The maximum Gasteiger partial charge on any atom is 0.193 e. The standard InChI is InChI=1S/C20H29N3O2.HI/c1-21-19(23-10-8-20(13-23)9-11-25-14-20)22-12-17-16-5-3-2-4-15(16)6-7-18(17)24;/h6-7,24H,2-5,8-14H2,1H3,(H,21,22);1H. The Morgan fingerprint density at radius 3 is 2.92 bits per heavy atom. The monoisotopic (exact) mass is 471 g/mol. The lowest BCUT2D eigenvalue weighted by Gasteiger charge is -2.26. The number of hydrogen-bond donors (Lipinski definition) is 2. The molecular weight excluding hydrogens is 441 g/mol. The van der Waals surface area contributed by atoms with E-state index in [4.69, 9.17) is 4.74 Å². The van der Waals surface area contributed by atoms with Gasteiger partial charge in [-0.15, -0.1) is 24.0 Å². The number of phenols is 1. The van der Waals surface area contributed by atoms with Crippen molar-refractivity contribution in [3.63, 3.8) is 0 Å². The van der Waals surface area contributed by atoms with Gasteiger partial charge in [-0.25, -0.2) is 0 Å². The van der Waals surface area contributed by atoms with Crippen molar-refractivity contribution in [2.24, 2.45) is 10.4 Å². The molecule has 3 aliphatic rings. The molecule has 1 unspecified atom stereocenters. The molecule has 2 aliphatic heterocycles. The van der Waals surface area contributed by atoms with Crippen LogP contribution in [-0.4, -0.2) is 49.3 Å². The van der Waals surface area contributed by atoms with Crippen LogP contribution < -0.4 is 5.32 Å². The van der Waals surface area contributed by atoms with Gasteiger partial charge in [0.15, 0.2) is 5.96 Å². The van der Waals surface area contributed by atoms with Crippen LogP contribution in [0.25, 0.3) is 0 Å². The molecule has 5 nitrogen and oxygen atoms in total. The highest BCUT2D eigenvalue weighted by Gasteiger charge is 2.42. The van der Waals surface area contributed by atoms with Crippen LogP contribution in [0.15, 0.2) is 17.1 Å². The van der Waals surface area contributed by atoms with Crippen molar-refractivity contribution in [1.82, 2.24) is 10.2 Å². The fourth-order valence-electron chi connectivity index (χ4n) is 4.68. The highest BCUT2D eigenvalue weighted by molar-refractivity contribution is 14.0. The normalized spacial score (nSPS) is 25.3. The van der Waals surface area contributed by atoms with Gasteiger partial charge in [-0.2, -0.15) is 0 Å². The maximum atomic E-state index is 10.4. The average Bonchev–Trinajstić information content (AvgIpc) is 3.27. The van der Waals surface area contributed by atoms with Gasteiger partial charge in [-0.1, -0.05) is 6.07 Å². The number of nitrogens with zero attached hydrogens (tertiary/aromatic N) is 2. The quantitative estimate of drug-likeness (QED) is 0.396. The van der Waals surface area contributed by atoms with E-state index in [0.717, 1.165) is 57.1 Å². The minimum atomic E-state index is 0. The molecule has 2 N–H and O–H groups in total. The zero-order valence-corrected chi connectivity index (χ0v) is 17.9. The summed E-state index contributed by atoms with van der Waals surface area (Å²) in [5.41, 5.74) is 4.12. The highest BCUT2D eigenvalue weighted by Crippen LogP contribution is 2.38. The van der Waals surface area contributed by atoms with E-state index in [1.54, 1.807) is 0 Å². The van der Waals surface area contributed by atoms with E-state index in [9.17, 15) is 5.11 Å². The first-order valence-electron chi connectivity index (χ1n) is 9.57. The molecule has 1 aliphatic carbocycles. The number of fused-ring (bicyclic) bond motifs is 1. The van der Waals surface area contributed by atoms with Crippen LogP contribution in [0.5, 0.6) is 5.75 Å². The third-order valence-corrected chi connectivity index (χ3v) is 6.18. The Hall–Kier alpha value is -1.02. The summed E-state index contributed by atoms with van der Waals surface area (Å²) >= 11 is 0. The maximum absolute atomic E-state index is 10.4. The molecule has 0 radical (unpaired) electrons. The predicted molar refractivity (Wildman–Crippen MR) is 114 cm³/mol. The zero-order valence-electron chi connectivity index (χ0n) is 15.6. The van der Waals surface area contributed by atoms with Gasteiger partial charge >= 0.3 is 0 Å². The summed E-state index contributed by atoms with van der Waals surface area (Å²) in [4.78, 5) is 6.84. The molecule has 144 valence electrons. The molecule has 26 heavy (non-hydrogen) atoms. The van der Waals surface area contributed by atoms with Gasteiger partial charge in [0, 0.05) is 44.3 Å². The smallest absolute Gasteiger partial charge is 0.193 e. The molecule has 6 heteroatoms. The number of aryl methyl sites for hydroxylation is 1. The Kier molecular flexibility index (Phi) is 6.33. The largest absolute Gasteiger partial charge is 0.508 e. The minimum absolute atomic E-state index is 0. The van der Waals surface area contributed by atoms with Gasteiger partial charge in [-0.05, 0) is 55.7 Å². The number of halogens is 1. The predicted octanol–water partition coefficient (Wildman–Crippen LogP) is 3.08. The topological polar surface area (TPSA) is 57.1 Å². The number of benzene rings is 1. The third kappa shape index (κ3) is 3.81. The summed E-state index contributed by atoms with van der Waals surface area (Å²) < 4.78 is 5.63. The first kappa shape index (κ1) is 19.7. The summed E-state index contributed by atoms with van der Waals surface area (Å²) in [6.07, 6.45) is 7.01. The van der Waals surface area contributed by atoms with Gasteiger partial charge in [0.2, 0.25) is 0 Å². The number of aromatic hydroxyl groups is 1. The van der Waals surface area contributed by atoms with Crippen molar-refractivity contribution in [2.75, 3.05) is 33.4 Å². The molecule has 4 rings (SSSR count). The van der Waals surface area contributed by atoms with Crippen molar-refractivity contribution < 1.29 is 9.84 Å². The van der Waals surface area contributed by atoms with E-state index in [2.05, 4.69) is 21.3 Å². The van der Waals surface area contributed by atoms with E-state index in [1.165, 1.54) is 30.4 Å². The summed E-state index contributed by atoms with van der Waals surface area (Å²) in [7, 11) is 1.85. The molecule has 0 amide bonds. The number of hydrogen-bond acceptors (Lipinski definition) is 3. The Morgan fingerprint density at radius 2 is 2.15 bits per heavy atom. The van der Waals surface area contributed by atoms with Crippen molar-refractivity contribution in [3.05, 3.63) is 28.8 Å². The zero-order chi connectivity index (χ0) is 17.3. The van der Waals surface area contributed by atoms with Crippen LogP contribution in [0.1, 0.15) is 42.4 Å². The number of ether oxygens (including phenoxy) is 1. The lowest BCUT2D eigenvalue weighted by Crippen LogP contribution is -2.41. The number of likely N-dealkylation sites (tertiary alicyclic amines) is 1. The summed E-state index contributed by atoms with van der Waals surface area (Å²) in [5, 5.41) is 13.9. The fraction of sp³-hybridized carbons (Fsp3) is 0.650. The molecular formula is C20H30IN3O2. The number of nitrogens with one attached hydrogen (secondary N) is 1. The van der Waals surface area contributed by atoms with Gasteiger partial charge in [0.1, 0.15) is 5.75 Å². The second-order valence-electron chi connectivity index (χ2n) is 7.78. The summed E-state index contributed by atoms with van der Waals surface area (Å²) in [6, 6.07) is 3.94. The van der Waals surface area contributed by atoms with Crippen molar-refractivity contribution in [3.8, 4) is 5.75 Å². The third-order valence-electron chi connectivity index (χ3n) is 6.18. The second-order valence-corrected chi connectivity index (χ2v) is 7.78. The summed E-state index contributed by atoms with van der Waals surface area (Å²) in [6.45, 7) is 4.46. The van der Waals surface area contributed by atoms with Gasteiger partial charge in [0.25, 0.3) is 0 Å². The fourth-order valence-corrected chi connectivity index (χ4v) is 4.68. The van der Waals surface area contributed by atoms with Crippen LogP contribution in [0.4, 0.5) is 0 Å². The van der Waals surface area contributed by atoms with Crippen LogP contribution in [0, 0.1) is 5.41 Å². The van der Waals surface area contributed by atoms with Crippen LogP contribution in [-0.2, 0) is 24.1 Å². The Labute approximate surface area is 173 Å². The molecule has 1 aromatic rings. The molecule has 2 saturated heterocycles. The minimum Gasteiger partial charge on any atom is -0.508 e. The van der Waals surface area contributed by atoms with Crippen LogP contribution >= 0.6 is 24.0 Å². The second kappa shape index (κ2) is 8.33. The molecule has 1 atom stereocenters. The van der Waals surface area contributed by atoms with Gasteiger partial charge in [0.05, 0.1) is 6.61 Å². The average molecular weight is 471 g/mol. The number of guanidine groups is 1. The molecule has 0 aromatic heterocycles. The molecule has 1 aromatic carbocycles.